The van der Waals surface area contributed by atoms with Gasteiger partial charge in [0.1, 0.15) is 0 Å². The highest BCUT2D eigenvalue weighted by Gasteiger charge is 2.34. The van der Waals surface area contributed by atoms with Crippen molar-refractivity contribution in [1.82, 2.24) is 0 Å². The minimum atomic E-state index is -4.63. The Labute approximate surface area is 153 Å². The number of nitrogen functional groups attached to an aromatic ring is 2. The SMILES string of the molecule is Nc1ccc(C(=O)O)cc1C(F)(F)F.Nc1ccc(C(=O)O)cc1C(F)(F)F. The smallest absolute Gasteiger partial charge is 0.418 e. The van der Waals surface area contributed by atoms with E-state index in [0.717, 1.165) is 24.3 Å². The van der Waals surface area contributed by atoms with E-state index in [1.807, 2.05) is 0 Å². The molecular weight excluding hydrogens is 398 g/mol. The van der Waals surface area contributed by atoms with Crippen molar-refractivity contribution in [3.63, 3.8) is 0 Å². The highest BCUT2D eigenvalue weighted by atomic mass is 19.4. The second-order valence-corrected chi connectivity index (χ2v) is 5.21. The molecule has 0 saturated carbocycles. The molecule has 0 heterocycles. The summed E-state index contributed by atoms with van der Waals surface area (Å²) in [6.45, 7) is 0. The molecule has 0 atom stereocenters. The van der Waals surface area contributed by atoms with Crippen LogP contribution < -0.4 is 11.5 Å². The number of carboxylic acid groups (broad SMARTS) is 2. The molecule has 2 rings (SSSR count). The quantitative estimate of drug-likeness (QED) is 0.438. The lowest BCUT2D eigenvalue weighted by Gasteiger charge is -2.09. The Balaban J connectivity index is 0.000000280. The minimum Gasteiger partial charge on any atom is -0.478 e. The van der Waals surface area contributed by atoms with Crippen molar-refractivity contribution in [2.24, 2.45) is 0 Å². The van der Waals surface area contributed by atoms with E-state index >= 15 is 0 Å². The summed E-state index contributed by atoms with van der Waals surface area (Å²) in [6.07, 6.45) is -9.26. The number of carboxylic acids is 2. The van der Waals surface area contributed by atoms with Gasteiger partial charge in [-0.15, -0.1) is 0 Å². The van der Waals surface area contributed by atoms with Crippen molar-refractivity contribution in [2.75, 3.05) is 11.5 Å². The zero-order valence-electron chi connectivity index (χ0n) is 13.6. The second kappa shape index (κ2) is 8.06. The molecule has 0 aliphatic carbocycles. The first-order chi connectivity index (χ1) is 12.6. The topological polar surface area (TPSA) is 127 Å². The van der Waals surface area contributed by atoms with Gasteiger partial charge in [-0.05, 0) is 36.4 Å². The van der Waals surface area contributed by atoms with Gasteiger partial charge in [0, 0.05) is 11.4 Å². The molecule has 6 nitrogen and oxygen atoms in total. The van der Waals surface area contributed by atoms with Gasteiger partial charge in [-0.25, -0.2) is 9.59 Å². The Bertz CT molecular complexity index is 820. The lowest BCUT2D eigenvalue weighted by Crippen LogP contribution is -2.10. The Kier molecular flexibility index (Phi) is 6.51. The number of nitrogens with two attached hydrogens (primary N) is 2. The maximum Gasteiger partial charge on any atom is 0.418 e. The third-order valence-corrected chi connectivity index (χ3v) is 3.21. The zero-order chi connectivity index (χ0) is 21.9. The lowest BCUT2D eigenvalue weighted by molar-refractivity contribution is -0.137. The van der Waals surface area contributed by atoms with Crippen LogP contribution in [0.4, 0.5) is 37.7 Å². The van der Waals surface area contributed by atoms with E-state index in [4.69, 9.17) is 21.7 Å². The zero-order valence-corrected chi connectivity index (χ0v) is 13.6. The summed E-state index contributed by atoms with van der Waals surface area (Å²) in [5.41, 5.74) is 6.03. The molecule has 0 fully saturated rings. The fourth-order valence-corrected chi connectivity index (χ4v) is 1.87. The Morgan fingerprint density at radius 1 is 0.679 bits per heavy atom. The molecule has 2 aromatic carbocycles. The predicted octanol–water partition coefficient (Wildman–Crippen LogP) is 3.97. The van der Waals surface area contributed by atoms with Crippen molar-refractivity contribution < 1.29 is 46.1 Å². The number of benzene rings is 2. The first-order valence-corrected chi connectivity index (χ1v) is 7.04. The molecule has 0 saturated heterocycles. The molecule has 28 heavy (non-hydrogen) atoms. The largest absolute Gasteiger partial charge is 0.478 e. The molecule has 0 amide bonds. The summed E-state index contributed by atoms with van der Waals surface area (Å²) in [5, 5.41) is 16.9. The van der Waals surface area contributed by atoms with Crippen LogP contribution in [0.5, 0.6) is 0 Å². The number of aromatic carboxylic acids is 2. The van der Waals surface area contributed by atoms with E-state index in [-0.39, 0.29) is 0 Å². The fraction of sp³-hybridized carbons (Fsp3) is 0.125. The first kappa shape index (κ1) is 22.6. The molecule has 0 aliphatic heterocycles. The van der Waals surface area contributed by atoms with Crippen LogP contribution in [0.3, 0.4) is 0 Å². The van der Waals surface area contributed by atoms with E-state index in [1.54, 1.807) is 0 Å². The standard InChI is InChI=1S/2C8H6F3NO2/c2*9-8(10,11)5-3-4(7(13)14)1-2-6(5)12/h2*1-3H,12H2,(H,13,14). The number of halogens is 6. The van der Waals surface area contributed by atoms with Crippen molar-refractivity contribution in [3.05, 3.63) is 58.7 Å². The highest BCUT2D eigenvalue weighted by Crippen LogP contribution is 2.34. The lowest BCUT2D eigenvalue weighted by atomic mass is 10.1. The number of hydrogen-bond acceptors (Lipinski definition) is 4. The Morgan fingerprint density at radius 3 is 1.18 bits per heavy atom. The van der Waals surface area contributed by atoms with Crippen LogP contribution in [-0.2, 0) is 12.4 Å². The van der Waals surface area contributed by atoms with Gasteiger partial charge in [0.25, 0.3) is 0 Å². The van der Waals surface area contributed by atoms with Gasteiger partial charge >= 0.3 is 24.3 Å². The van der Waals surface area contributed by atoms with Crippen LogP contribution in [0.1, 0.15) is 31.8 Å². The second-order valence-electron chi connectivity index (χ2n) is 5.21. The van der Waals surface area contributed by atoms with Gasteiger partial charge in [-0.2, -0.15) is 26.3 Å². The number of hydrogen-bond donors (Lipinski definition) is 4. The molecule has 0 unspecified atom stereocenters. The third-order valence-electron chi connectivity index (χ3n) is 3.21. The molecule has 0 aromatic heterocycles. The number of rotatable bonds is 2. The monoisotopic (exact) mass is 410 g/mol. The van der Waals surface area contributed by atoms with Crippen molar-refractivity contribution >= 4 is 23.3 Å². The van der Waals surface area contributed by atoms with Crippen molar-refractivity contribution in [1.29, 1.82) is 0 Å². The maximum absolute atomic E-state index is 12.2. The minimum absolute atomic E-state index is 0.438. The maximum atomic E-state index is 12.2. The normalized spacial score (nSPS) is 11.4. The summed E-state index contributed by atoms with van der Waals surface area (Å²) in [6, 6.07) is 4.91. The van der Waals surface area contributed by atoms with Crippen molar-refractivity contribution in [2.45, 2.75) is 12.4 Å². The number of anilines is 2. The summed E-state index contributed by atoms with van der Waals surface area (Å²) in [7, 11) is 0. The molecule has 0 bridgehead atoms. The summed E-state index contributed by atoms with van der Waals surface area (Å²) in [5.74, 6) is -2.84. The molecule has 12 heteroatoms. The van der Waals surface area contributed by atoms with E-state index in [1.165, 1.54) is 0 Å². The van der Waals surface area contributed by atoms with Crippen LogP contribution in [0.15, 0.2) is 36.4 Å². The van der Waals surface area contributed by atoms with E-state index in [2.05, 4.69) is 0 Å². The summed E-state index contributed by atoms with van der Waals surface area (Å²) < 4.78 is 73.3. The van der Waals surface area contributed by atoms with Gasteiger partial charge in [-0.1, -0.05) is 0 Å². The van der Waals surface area contributed by atoms with Crippen LogP contribution in [0, 0.1) is 0 Å². The molecule has 152 valence electrons. The summed E-state index contributed by atoms with van der Waals surface area (Å²) in [4.78, 5) is 20.8. The molecule has 0 radical (unpaired) electrons. The van der Waals surface area contributed by atoms with Gasteiger partial charge in [0.15, 0.2) is 0 Å². The van der Waals surface area contributed by atoms with E-state index in [9.17, 15) is 35.9 Å². The summed E-state index contributed by atoms with van der Waals surface area (Å²) >= 11 is 0. The molecule has 0 spiro atoms. The molecule has 2 aromatic rings. The fourth-order valence-electron chi connectivity index (χ4n) is 1.87. The van der Waals surface area contributed by atoms with Gasteiger partial charge in [-0.3, -0.25) is 0 Å². The Morgan fingerprint density at radius 2 is 0.964 bits per heavy atom. The van der Waals surface area contributed by atoms with Crippen LogP contribution in [-0.4, -0.2) is 22.2 Å². The van der Waals surface area contributed by atoms with Gasteiger partial charge < -0.3 is 21.7 Å². The molecular formula is C16H12F6N2O4. The van der Waals surface area contributed by atoms with Crippen LogP contribution in [0.25, 0.3) is 0 Å². The predicted molar refractivity (Wildman–Crippen MR) is 85.6 cm³/mol. The highest BCUT2D eigenvalue weighted by molar-refractivity contribution is 5.89. The number of alkyl halides is 6. The molecule has 0 aliphatic rings. The van der Waals surface area contributed by atoms with E-state index in [0.29, 0.717) is 12.1 Å². The number of carbonyl (C=O) groups is 2. The first-order valence-electron chi connectivity index (χ1n) is 7.04. The Hall–Kier alpha value is -3.44. The third kappa shape index (κ3) is 5.79. The van der Waals surface area contributed by atoms with Crippen molar-refractivity contribution in [3.8, 4) is 0 Å². The van der Waals surface area contributed by atoms with Crippen LogP contribution >= 0.6 is 0 Å². The van der Waals surface area contributed by atoms with Crippen LogP contribution in [0.2, 0.25) is 0 Å². The average molecular weight is 410 g/mol. The van der Waals surface area contributed by atoms with Gasteiger partial charge in [0.05, 0.1) is 22.3 Å². The molecule has 6 N–H and O–H groups in total. The average Bonchev–Trinajstić information content (AvgIpc) is 2.53. The van der Waals surface area contributed by atoms with E-state index < -0.39 is 57.9 Å². The van der Waals surface area contributed by atoms with Gasteiger partial charge in [0.2, 0.25) is 0 Å².